The summed E-state index contributed by atoms with van der Waals surface area (Å²) in [5.41, 5.74) is 3.70. The van der Waals surface area contributed by atoms with Gasteiger partial charge in [-0.15, -0.1) is 0 Å². The molecule has 0 aromatic heterocycles. The highest BCUT2D eigenvalue weighted by Gasteiger charge is 2.39. The van der Waals surface area contributed by atoms with Crippen molar-refractivity contribution in [3.63, 3.8) is 0 Å². The zero-order chi connectivity index (χ0) is 15.0. The zero-order valence-electron chi connectivity index (χ0n) is 12.1. The summed E-state index contributed by atoms with van der Waals surface area (Å²) in [6, 6.07) is 3.78. The van der Waals surface area contributed by atoms with Crippen LogP contribution in [-0.4, -0.2) is 36.6 Å². The largest absolute Gasteiger partial charge is 0.450 e. The highest BCUT2D eigenvalue weighted by atomic mass is 19.3. The maximum absolute atomic E-state index is 13.6. The molecule has 0 saturated heterocycles. The maximum atomic E-state index is 13.6. The SMILES string of the molecule is CCOC(=O)N1CCc2ccc3c(c2CC1)CC(F)(F)C3. The third-order valence-electron chi connectivity index (χ3n) is 4.32. The van der Waals surface area contributed by atoms with Crippen molar-refractivity contribution in [1.82, 2.24) is 4.90 Å². The first-order valence-electron chi connectivity index (χ1n) is 7.42. The van der Waals surface area contributed by atoms with Crippen LogP contribution in [0.15, 0.2) is 12.1 Å². The van der Waals surface area contributed by atoms with Crippen LogP contribution >= 0.6 is 0 Å². The molecule has 0 bridgehead atoms. The first-order valence-corrected chi connectivity index (χ1v) is 7.42. The van der Waals surface area contributed by atoms with E-state index < -0.39 is 5.92 Å². The van der Waals surface area contributed by atoms with Crippen molar-refractivity contribution in [3.05, 3.63) is 34.4 Å². The lowest BCUT2D eigenvalue weighted by Gasteiger charge is -2.19. The molecule has 0 atom stereocenters. The van der Waals surface area contributed by atoms with Gasteiger partial charge >= 0.3 is 6.09 Å². The Kier molecular flexibility index (Phi) is 3.59. The minimum atomic E-state index is -2.62. The molecule has 1 heterocycles. The number of fused-ring (bicyclic) bond motifs is 3. The predicted molar refractivity (Wildman–Crippen MR) is 74.8 cm³/mol. The van der Waals surface area contributed by atoms with Crippen LogP contribution in [0, 0.1) is 0 Å². The second-order valence-electron chi connectivity index (χ2n) is 5.74. The summed E-state index contributed by atoms with van der Waals surface area (Å²) < 4.78 is 32.3. The van der Waals surface area contributed by atoms with E-state index in [1.165, 1.54) is 0 Å². The number of ether oxygens (including phenoxy) is 1. The van der Waals surface area contributed by atoms with Gasteiger partial charge in [-0.1, -0.05) is 12.1 Å². The summed E-state index contributed by atoms with van der Waals surface area (Å²) in [6.07, 6.45) is 0.704. The number of amides is 1. The minimum absolute atomic E-state index is 0.156. The van der Waals surface area contributed by atoms with E-state index in [-0.39, 0.29) is 18.9 Å². The van der Waals surface area contributed by atoms with Gasteiger partial charge in [0.1, 0.15) is 0 Å². The van der Waals surface area contributed by atoms with Crippen LogP contribution in [0.3, 0.4) is 0 Å². The summed E-state index contributed by atoms with van der Waals surface area (Å²) in [6.45, 7) is 3.25. The molecule has 1 aliphatic carbocycles. The molecule has 0 N–H and O–H groups in total. The molecule has 0 spiro atoms. The lowest BCUT2D eigenvalue weighted by Crippen LogP contribution is -2.33. The Hall–Kier alpha value is -1.65. The molecule has 0 radical (unpaired) electrons. The molecule has 114 valence electrons. The highest BCUT2D eigenvalue weighted by Crippen LogP contribution is 2.38. The van der Waals surface area contributed by atoms with E-state index in [1.807, 2.05) is 12.1 Å². The van der Waals surface area contributed by atoms with Gasteiger partial charge in [-0.2, -0.15) is 0 Å². The number of rotatable bonds is 1. The van der Waals surface area contributed by atoms with E-state index in [2.05, 4.69) is 0 Å². The third kappa shape index (κ3) is 2.74. The number of halogens is 2. The van der Waals surface area contributed by atoms with Gasteiger partial charge < -0.3 is 9.64 Å². The van der Waals surface area contributed by atoms with Gasteiger partial charge in [0.05, 0.1) is 6.61 Å². The molecule has 3 rings (SSSR count). The Morgan fingerprint density at radius 3 is 2.67 bits per heavy atom. The van der Waals surface area contributed by atoms with Crippen LogP contribution in [0.1, 0.15) is 29.2 Å². The minimum Gasteiger partial charge on any atom is -0.450 e. The summed E-state index contributed by atoms with van der Waals surface area (Å²) in [7, 11) is 0. The van der Waals surface area contributed by atoms with Crippen molar-refractivity contribution < 1.29 is 18.3 Å². The van der Waals surface area contributed by atoms with Gasteiger partial charge in [-0.3, -0.25) is 0 Å². The van der Waals surface area contributed by atoms with E-state index in [0.29, 0.717) is 32.5 Å². The van der Waals surface area contributed by atoms with Crippen molar-refractivity contribution in [2.75, 3.05) is 19.7 Å². The maximum Gasteiger partial charge on any atom is 0.409 e. The molecule has 1 aliphatic heterocycles. The molecule has 5 heteroatoms. The summed E-state index contributed by atoms with van der Waals surface area (Å²) in [4.78, 5) is 13.5. The number of carbonyl (C=O) groups excluding carboxylic acids is 1. The molecule has 3 nitrogen and oxygen atoms in total. The Morgan fingerprint density at radius 1 is 1.19 bits per heavy atom. The smallest absolute Gasteiger partial charge is 0.409 e. The van der Waals surface area contributed by atoms with E-state index in [1.54, 1.807) is 11.8 Å². The zero-order valence-corrected chi connectivity index (χ0v) is 12.1. The van der Waals surface area contributed by atoms with Crippen LogP contribution in [0.25, 0.3) is 0 Å². The average Bonchev–Trinajstić information content (AvgIpc) is 2.61. The summed E-state index contributed by atoms with van der Waals surface area (Å²) in [5.74, 6) is -2.62. The van der Waals surface area contributed by atoms with Crippen LogP contribution in [0.4, 0.5) is 13.6 Å². The molecule has 1 aromatic carbocycles. The van der Waals surface area contributed by atoms with Crippen molar-refractivity contribution >= 4 is 6.09 Å². The van der Waals surface area contributed by atoms with Crippen LogP contribution in [0.2, 0.25) is 0 Å². The second kappa shape index (κ2) is 5.28. The molecule has 21 heavy (non-hydrogen) atoms. The van der Waals surface area contributed by atoms with Crippen LogP contribution in [0.5, 0.6) is 0 Å². The van der Waals surface area contributed by atoms with Gasteiger partial charge in [0.15, 0.2) is 0 Å². The Balaban J connectivity index is 1.83. The first kappa shape index (κ1) is 14.3. The Morgan fingerprint density at radius 2 is 1.90 bits per heavy atom. The van der Waals surface area contributed by atoms with Gasteiger partial charge in [0, 0.05) is 25.9 Å². The number of hydrogen-bond donors (Lipinski definition) is 0. The van der Waals surface area contributed by atoms with Crippen molar-refractivity contribution in [1.29, 1.82) is 0 Å². The molecular weight excluding hydrogens is 276 g/mol. The second-order valence-corrected chi connectivity index (χ2v) is 5.74. The molecule has 2 aliphatic rings. The number of alkyl halides is 2. The Bertz CT molecular complexity index is 572. The van der Waals surface area contributed by atoms with Crippen molar-refractivity contribution in [2.24, 2.45) is 0 Å². The first-order chi connectivity index (χ1) is 10.00. The van der Waals surface area contributed by atoms with Gasteiger partial charge in [-0.05, 0) is 42.0 Å². The van der Waals surface area contributed by atoms with E-state index in [9.17, 15) is 13.6 Å². The average molecular weight is 295 g/mol. The quantitative estimate of drug-likeness (QED) is 0.797. The van der Waals surface area contributed by atoms with E-state index in [4.69, 9.17) is 4.74 Å². The molecule has 1 amide bonds. The number of benzene rings is 1. The fraction of sp³-hybridized carbons (Fsp3) is 0.562. The Labute approximate surface area is 122 Å². The molecule has 1 aromatic rings. The topological polar surface area (TPSA) is 29.5 Å². The lowest BCUT2D eigenvalue weighted by atomic mass is 9.94. The van der Waals surface area contributed by atoms with E-state index in [0.717, 1.165) is 22.3 Å². The summed E-state index contributed by atoms with van der Waals surface area (Å²) >= 11 is 0. The predicted octanol–water partition coefficient (Wildman–Crippen LogP) is 2.98. The standard InChI is InChI=1S/C16H19F2NO2/c1-2-21-15(20)19-7-5-11-3-4-12-9-16(17,18)10-14(12)13(11)6-8-19/h3-4H,2,5-10H2,1H3. The number of nitrogens with zero attached hydrogens (tertiary/aromatic N) is 1. The van der Waals surface area contributed by atoms with Crippen molar-refractivity contribution in [2.45, 2.75) is 38.5 Å². The van der Waals surface area contributed by atoms with Crippen LogP contribution in [-0.2, 0) is 30.4 Å². The van der Waals surface area contributed by atoms with Crippen molar-refractivity contribution in [3.8, 4) is 0 Å². The molecular formula is C16H19F2NO2. The summed E-state index contributed by atoms with van der Waals surface area (Å²) in [5, 5.41) is 0. The van der Waals surface area contributed by atoms with Gasteiger partial charge in [0.25, 0.3) is 5.92 Å². The van der Waals surface area contributed by atoms with Gasteiger partial charge in [0.2, 0.25) is 0 Å². The molecule has 0 fully saturated rings. The fourth-order valence-electron chi connectivity index (χ4n) is 3.33. The van der Waals surface area contributed by atoms with Crippen LogP contribution < -0.4 is 0 Å². The molecule has 0 unspecified atom stereocenters. The third-order valence-corrected chi connectivity index (χ3v) is 4.32. The monoisotopic (exact) mass is 295 g/mol. The number of carbonyl (C=O) groups is 1. The number of hydrogen-bond acceptors (Lipinski definition) is 2. The normalized spacial score (nSPS) is 19.7. The lowest BCUT2D eigenvalue weighted by molar-refractivity contribution is 0.0129. The van der Waals surface area contributed by atoms with E-state index >= 15 is 0 Å². The fourth-order valence-corrected chi connectivity index (χ4v) is 3.33. The highest BCUT2D eigenvalue weighted by molar-refractivity contribution is 5.68. The van der Waals surface area contributed by atoms with Gasteiger partial charge in [-0.25, -0.2) is 13.6 Å². The molecule has 0 saturated carbocycles.